The number of carbonyl (C=O) groups is 1. The van der Waals surface area contributed by atoms with E-state index in [1.165, 1.54) is 17.3 Å². The number of hydrogen-bond donors (Lipinski definition) is 0. The summed E-state index contributed by atoms with van der Waals surface area (Å²) in [5.41, 5.74) is 3.04. The van der Waals surface area contributed by atoms with Crippen molar-refractivity contribution in [2.75, 3.05) is 6.79 Å². The first-order valence-corrected chi connectivity index (χ1v) is 8.00. The molecule has 0 bridgehead atoms. The predicted octanol–water partition coefficient (Wildman–Crippen LogP) is 3.78. The van der Waals surface area contributed by atoms with E-state index in [4.69, 9.17) is 9.47 Å². The zero-order valence-electron chi connectivity index (χ0n) is 12.4. The van der Waals surface area contributed by atoms with Crippen molar-refractivity contribution in [3.05, 3.63) is 64.1 Å². The molecular formula is C18H13NO3S. The average Bonchev–Trinajstić information content (AvgIpc) is 3.15. The number of benzene rings is 2. The molecule has 0 radical (unpaired) electrons. The van der Waals surface area contributed by atoms with Crippen LogP contribution >= 0.6 is 11.8 Å². The van der Waals surface area contributed by atoms with Crippen LogP contribution in [-0.2, 0) is 4.79 Å². The second-order valence-electron chi connectivity index (χ2n) is 5.31. The first-order chi connectivity index (χ1) is 11.2. The number of aliphatic imine (C=N–C) groups is 1. The minimum Gasteiger partial charge on any atom is -0.454 e. The van der Waals surface area contributed by atoms with Gasteiger partial charge in [0.05, 0.1) is 4.91 Å². The molecule has 0 saturated carbocycles. The third-order valence-corrected chi connectivity index (χ3v) is 4.65. The second kappa shape index (κ2) is 5.59. The van der Waals surface area contributed by atoms with E-state index in [9.17, 15) is 4.79 Å². The fourth-order valence-corrected chi connectivity index (χ4v) is 3.30. The number of amides is 1. The highest BCUT2D eigenvalue weighted by Crippen LogP contribution is 2.36. The van der Waals surface area contributed by atoms with Crippen molar-refractivity contribution in [1.29, 1.82) is 0 Å². The van der Waals surface area contributed by atoms with E-state index in [0.29, 0.717) is 10.7 Å². The molecule has 5 heteroatoms. The number of carbonyl (C=O) groups excluding carboxylic acids is 1. The van der Waals surface area contributed by atoms with Crippen LogP contribution < -0.4 is 9.47 Å². The molecule has 0 aromatic heterocycles. The first-order valence-electron chi connectivity index (χ1n) is 7.18. The van der Waals surface area contributed by atoms with Crippen molar-refractivity contribution < 1.29 is 14.3 Å². The van der Waals surface area contributed by atoms with E-state index in [1.807, 2.05) is 55.5 Å². The lowest BCUT2D eigenvalue weighted by molar-refractivity contribution is -0.113. The number of aryl methyl sites for hydroxylation is 1. The van der Waals surface area contributed by atoms with Crippen molar-refractivity contribution in [1.82, 2.24) is 0 Å². The molecule has 114 valence electrons. The summed E-state index contributed by atoms with van der Waals surface area (Å²) in [5.74, 6) is 1.23. The molecule has 1 amide bonds. The highest BCUT2D eigenvalue weighted by Gasteiger charge is 2.23. The molecule has 0 saturated heterocycles. The van der Waals surface area contributed by atoms with Gasteiger partial charge in [-0.2, -0.15) is 0 Å². The number of hydrogen-bond acceptors (Lipinski definition) is 4. The van der Waals surface area contributed by atoms with Crippen LogP contribution in [0.2, 0.25) is 0 Å². The number of nitrogens with zero attached hydrogens (tertiary/aromatic N) is 1. The van der Waals surface area contributed by atoms with Gasteiger partial charge in [-0.1, -0.05) is 47.7 Å². The van der Waals surface area contributed by atoms with Crippen LogP contribution in [0, 0.1) is 6.92 Å². The maximum absolute atomic E-state index is 12.1. The van der Waals surface area contributed by atoms with Gasteiger partial charge in [0.15, 0.2) is 11.5 Å². The van der Waals surface area contributed by atoms with E-state index < -0.39 is 0 Å². The first kappa shape index (κ1) is 14.1. The summed E-state index contributed by atoms with van der Waals surface area (Å²) in [6, 6.07) is 13.6. The molecule has 0 fully saturated rings. The van der Waals surface area contributed by atoms with Crippen LogP contribution in [0.15, 0.2) is 52.4 Å². The monoisotopic (exact) mass is 323 g/mol. The van der Waals surface area contributed by atoms with Gasteiger partial charge in [-0.15, -0.1) is 0 Å². The molecule has 0 N–H and O–H groups in total. The molecule has 0 spiro atoms. The number of thioether (sulfide) groups is 1. The Balaban J connectivity index is 1.59. The van der Waals surface area contributed by atoms with E-state index in [-0.39, 0.29) is 12.7 Å². The Morgan fingerprint density at radius 1 is 1.09 bits per heavy atom. The summed E-state index contributed by atoms with van der Waals surface area (Å²) in [7, 11) is 0. The fraction of sp³-hybridized carbons (Fsp3) is 0.111. The average molecular weight is 323 g/mol. The van der Waals surface area contributed by atoms with Crippen molar-refractivity contribution in [3.8, 4) is 11.5 Å². The Kier molecular flexibility index (Phi) is 3.42. The summed E-state index contributed by atoms with van der Waals surface area (Å²) < 4.78 is 10.7. The zero-order chi connectivity index (χ0) is 15.8. The molecule has 0 atom stereocenters. The molecule has 2 aromatic rings. The molecule has 4 rings (SSSR count). The Morgan fingerprint density at radius 3 is 2.70 bits per heavy atom. The van der Waals surface area contributed by atoms with E-state index in [0.717, 1.165) is 21.9 Å². The minimum absolute atomic E-state index is 0.205. The van der Waals surface area contributed by atoms with Gasteiger partial charge in [-0.3, -0.25) is 4.79 Å². The zero-order valence-corrected chi connectivity index (χ0v) is 13.2. The Hall–Kier alpha value is -2.53. The minimum atomic E-state index is -0.205. The van der Waals surface area contributed by atoms with Crippen LogP contribution in [0.4, 0.5) is 0 Å². The van der Waals surface area contributed by atoms with Gasteiger partial charge < -0.3 is 9.47 Å². The smallest absolute Gasteiger partial charge is 0.284 e. The maximum atomic E-state index is 12.1. The van der Waals surface area contributed by atoms with Crippen LogP contribution in [-0.4, -0.2) is 17.7 Å². The molecule has 2 aliphatic heterocycles. The van der Waals surface area contributed by atoms with Gasteiger partial charge in [-0.25, -0.2) is 4.99 Å². The number of fused-ring (bicyclic) bond motifs is 1. The molecular weight excluding hydrogens is 310 g/mol. The molecule has 4 nitrogen and oxygen atoms in total. The van der Waals surface area contributed by atoms with Crippen molar-refractivity contribution in [3.63, 3.8) is 0 Å². The number of rotatable bonds is 2. The lowest BCUT2D eigenvalue weighted by Gasteiger charge is -2.01. The second-order valence-corrected chi connectivity index (χ2v) is 6.34. The SMILES string of the molecule is Cc1ccc(C2=NC(=O)/C(=C\c3ccc4c(c3)OCO4)S2)cc1. The summed E-state index contributed by atoms with van der Waals surface area (Å²) in [4.78, 5) is 16.9. The largest absolute Gasteiger partial charge is 0.454 e. The van der Waals surface area contributed by atoms with Crippen molar-refractivity contribution >= 4 is 28.8 Å². The van der Waals surface area contributed by atoms with Crippen LogP contribution in [0.5, 0.6) is 11.5 Å². The molecule has 2 aromatic carbocycles. The summed E-state index contributed by atoms with van der Waals surface area (Å²) >= 11 is 1.40. The highest BCUT2D eigenvalue weighted by atomic mass is 32.2. The molecule has 2 heterocycles. The Morgan fingerprint density at radius 2 is 1.87 bits per heavy atom. The lowest BCUT2D eigenvalue weighted by Crippen LogP contribution is -1.92. The molecule has 23 heavy (non-hydrogen) atoms. The summed E-state index contributed by atoms with van der Waals surface area (Å²) in [6.45, 7) is 2.27. The van der Waals surface area contributed by atoms with Crippen molar-refractivity contribution in [2.24, 2.45) is 4.99 Å². The van der Waals surface area contributed by atoms with E-state index >= 15 is 0 Å². The Bertz CT molecular complexity index is 853. The van der Waals surface area contributed by atoms with E-state index in [1.54, 1.807) is 0 Å². The summed E-state index contributed by atoms with van der Waals surface area (Å²) in [6.07, 6.45) is 1.83. The third-order valence-electron chi connectivity index (χ3n) is 3.61. The molecule has 2 aliphatic rings. The van der Waals surface area contributed by atoms with Crippen molar-refractivity contribution in [2.45, 2.75) is 6.92 Å². The lowest BCUT2D eigenvalue weighted by atomic mass is 10.2. The predicted molar refractivity (Wildman–Crippen MR) is 90.9 cm³/mol. The molecule has 0 aliphatic carbocycles. The van der Waals surface area contributed by atoms with Gasteiger partial charge in [0.2, 0.25) is 6.79 Å². The van der Waals surface area contributed by atoms with Crippen LogP contribution in [0.25, 0.3) is 6.08 Å². The van der Waals surface area contributed by atoms with Gasteiger partial charge in [-0.05, 0) is 30.7 Å². The topological polar surface area (TPSA) is 47.9 Å². The highest BCUT2D eigenvalue weighted by molar-refractivity contribution is 8.19. The quantitative estimate of drug-likeness (QED) is 0.789. The summed E-state index contributed by atoms with van der Waals surface area (Å²) in [5, 5.41) is 0.738. The van der Waals surface area contributed by atoms with Crippen LogP contribution in [0.1, 0.15) is 16.7 Å². The number of ether oxygens (including phenoxy) is 2. The van der Waals surface area contributed by atoms with Gasteiger partial charge in [0, 0.05) is 5.56 Å². The van der Waals surface area contributed by atoms with Gasteiger partial charge >= 0.3 is 0 Å². The van der Waals surface area contributed by atoms with E-state index in [2.05, 4.69) is 4.99 Å². The van der Waals surface area contributed by atoms with Gasteiger partial charge in [0.25, 0.3) is 5.91 Å². The Labute approximate surface area is 137 Å². The van der Waals surface area contributed by atoms with Gasteiger partial charge in [0.1, 0.15) is 5.04 Å². The van der Waals surface area contributed by atoms with Crippen LogP contribution in [0.3, 0.4) is 0 Å². The normalized spacial score (nSPS) is 17.7. The standard InChI is InChI=1S/C18H13NO3S/c1-11-2-5-13(6-3-11)18-19-17(20)16(23-18)9-12-4-7-14-15(8-12)22-10-21-14/h2-9H,10H2,1H3/b16-9+. The maximum Gasteiger partial charge on any atom is 0.284 e. The fourth-order valence-electron chi connectivity index (χ4n) is 2.38. The molecule has 0 unspecified atom stereocenters. The third kappa shape index (κ3) is 2.75.